The zero-order valence-electron chi connectivity index (χ0n) is 13.1. The molecule has 0 unspecified atom stereocenters. The molecule has 0 aliphatic heterocycles. The molecule has 1 fully saturated rings. The molecule has 0 spiro atoms. The molecule has 1 amide bonds. The first-order valence-corrected chi connectivity index (χ1v) is 9.04. The molecule has 1 aliphatic rings. The first-order chi connectivity index (χ1) is 9.84. The van der Waals surface area contributed by atoms with Crippen molar-refractivity contribution in [2.24, 2.45) is 5.92 Å². The number of nitrogens with one attached hydrogen (secondary N) is 1. The maximum absolute atomic E-state index is 12.0. The second-order valence-electron chi connectivity index (χ2n) is 6.92. The van der Waals surface area contributed by atoms with Crippen molar-refractivity contribution in [3.05, 3.63) is 35.4 Å². The molecule has 116 valence electrons. The molecule has 0 radical (unpaired) electrons. The molecule has 0 bridgehead atoms. The average molecular weight is 307 g/mol. The van der Waals surface area contributed by atoms with Gasteiger partial charge in [0.2, 0.25) is 5.91 Å². The first-order valence-electron chi connectivity index (χ1n) is 7.55. The molecule has 0 saturated heterocycles. The van der Waals surface area contributed by atoms with Crippen LogP contribution in [0.3, 0.4) is 0 Å². The van der Waals surface area contributed by atoms with E-state index in [1.807, 2.05) is 12.1 Å². The minimum Gasteiger partial charge on any atom is -0.355 e. The largest absolute Gasteiger partial charge is 0.355 e. The Bertz CT molecular complexity index is 513. The van der Waals surface area contributed by atoms with Crippen LogP contribution in [0.2, 0.25) is 0 Å². The van der Waals surface area contributed by atoms with Gasteiger partial charge >= 0.3 is 0 Å². The maximum atomic E-state index is 12.0. The summed E-state index contributed by atoms with van der Waals surface area (Å²) in [5.74, 6) is 1.12. The van der Waals surface area contributed by atoms with E-state index < -0.39 is 10.8 Å². The Kier molecular flexibility index (Phi) is 5.20. The number of hydrogen-bond donors (Lipinski definition) is 1. The van der Waals surface area contributed by atoms with Gasteiger partial charge in [-0.2, -0.15) is 0 Å². The summed E-state index contributed by atoms with van der Waals surface area (Å²) in [6, 6.07) is 8.20. The van der Waals surface area contributed by atoms with Crippen molar-refractivity contribution in [1.29, 1.82) is 0 Å². The van der Waals surface area contributed by atoms with Crippen molar-refractivity contribution in [2.75, 3.05) is 12.3 Å². The van der Waals surface area contributed by atoms with E-state index in [-0.39, 0.29) is 17.1 Å². The van der Waals surface area contributed by atoms with Gasteiger partial charge in [-0.3, -0.25) is 9.00 Å². The summed E-state index contributed by atoms with van der Waals surface area (Å²) in [6.07, 6.45) is 2.42. The molecular weight excluding hydrogens is 282 g/mol. The summed E-state index contributed by atoms with van der Waals surface area (Å²) < 4.78 is 12.0. The van der Waals surface area contributed by atoms with E-state index in [2.05, 4.69) is 38.2 Å². The first kappa shape index (κ1) is 16.2. The third kappa shape index (κ3) is 5.62. The molecule has 0 aromatic heterocycles. The van der Waals surface area contributed by atoms with E-state index in [1.54, 1.807) is 0 Å². The second kappa shape index (κ2) is 6.73. The summed E-state index contributed by atoms with van der Waals surface area (Å²) in [7, 11) is -1.14. The van der Waals surface area contributed by atoms with Crippen LogP contribution in [0.15, 0.2) is 24.3 Å². The molecule has 1 atom stereocenters. The number of amides is 1. The lowest BCUT2D eigenvalue weighted by atomic mass is 9.87. The third-order valence-corrected chi connectivity index (χ3v) is 4.96. The van der Waals surface area contributed by atoms with Crippen LogP contribution in [-0.4, -0.2) is 22.4 Å². The van der Waals surface area contributed by atoms with Gasteiger partial charge in [0.15, 0.2) is 0 Å². The van der Waals surface area contributed by atoms with E-state index in [4.69, 9.17) is 0 Å². The molecule has 2 rings (SSSR count). The van der Waals surface area contributed by atoms with Crippen LogP contribution in [-0.2, 0) is 26.8 Å². The molecule has 1 N–H and O–H groups in total. The van der Waals surface area contributed by atoms with Crippen molar-refractivity contribution in [3.63, 3.8) is 0 Å². The summed E-state index contributed by atoms with van der Waals surface area (Å²) in [4.78, 5) is 11.7. The Morgan fingerprint density at radius 3 is 2.38 bits per heavy atom. The molecule has 1 aromatic carbocycles. The maximum Gasteiger partial charge on any atom is 0.232 e. The van der Waals surface area contributed by atoms with Gasteiger partial charge in [0.25, 0.3) is 0 Å². The molecule has 1 aromatic rings. The standard InChI is InChI=1S/C17H25NO2S/c1-17(2,3)15-8-6-14(7-9-15)11-21(20)12-16(19)18-10-13-4-5-13/h6-9,13H,4-5,10-12H2,1-3H3,(H,18,19)/t21-/m1/s1. The Balaban J connectivity index is 1.80. The van der Waals surface area contributed by atoms with E-state index in [0.717, 1.165) is 12.1 Å². The zero-order chi connectivity index (χ0) is 15.5. The van der Waals surface area contributed by atoms with E-state index in [0.29, 0.717) is 11.7 Å². The average Bonchev–Trinajstić information content (AvgIpc) is 3.19. The van der Waals surface area contributed by atoms with Gasteiger partial charge in [-0.1, -0.05) is 45.0 Å². The predicted octanol–water partition coefficient (Wildman–Crippen LogP) is 2.76. The van der Waals surface area contributed by atoms with Crippen LogP contribution in [0.5, 0.6) is 0 Å². The fourth-order valence-corrected chi connectivity index (χ4v) is 3.18. The number of carbonyl (C=O) groups is 1. The molecule has 1 saturated carbocycles. The molecular formula is C17H25NO2S. The normalized spacial score (nSPS) is 16.5. The SMILES string of the molecule is CC(C)(C)c1ccc(C[S@@](=O)CC(=O)NCC2CC2)cc1. The minimum absolute atomic E-state index is 0.0912. The van der Waals surface area contributed by atoms with Gasteiger partial charge < -0.3 is 5.32 Å². The monoisotopic (exact) mass is 307 g/mol. The van der Waals surface area contributed by atoms with Crippen LogP contribution < -0.4 is 5.32 Å². The number of hydrogen-bond acceptors (Lipinski definition) is 2. The van der Waals surface area contributed by atoms with Gasteiger partial charge in [-0.15, -0.1) is 0 Å². The van der Waals surface area contributed by atoms with Gasteiger partial charge in [0.05, 0.1) is 0 Å². The number of benzene rings is 1. The highest BCUT2D eigenvalue weighted by Gasteiger charge is 2.22. The molecule has 1 aliphatic carbocycles. The van der Waals surface area contributed by atoms with E-state index in [1.165, 1.54) is 18.4 Å². The summed E-state index contributed by atoms with van der Waals surface area (Å²) >= 11 is 0. The van der Waals surface area contributed by atoms with Crippen LogP contribution >= 0.6 is 0 Å². The second-order valence-corrected chi connectivity index (χ2v) is 8.38. The van der Waals surface area contributed by atoms with Gasteiger partial charge in [0.1, 0.15) is 5.75 Å². The van der Waals surface area contributed by atoms with Crippen LogP contribution in [0, 0.1) is 5.92 Å². The fourth-order valence-electron chi connectivity index (χ4n) is 2.12. The van der Waals surface area contributed by atoms with Crippen molar-refractivity contribution in [1.82, 2.24) is 5.32 Å². The Hall–Kier alpha value is -1.16. The lowest BCUT2D eigenvalue weighted by Crippen LogP contribution is -2.30. The van der Waals surface area contributed by atoms with Gasteiger partial charge in [-0.25, -0.2) is 0 Å². The summed E-state index contributed by atoms with van der Waals surface area (Å²) in [5, 5.41) is 2.86. The fraction of sp³-hybridized carbons (Fsp3) is 0.588. The lowest BCUT2D eigenvalue weighted by molar-refractivity contribution is -0.118. The molecule has 4 heteroatoms. The van der Waals surface area contributed by atoms with Crippen LogP contribution in [0.25, 0.3) is 0 Å². The summed E-state index contributed by atoms with van der Waals surface area (Å²) in [6.45, 7) is 7.26. The number of rotatable bonds is 6. The van der Waals surface area contributed by atoms with Crippen LogP contribution in [0.1, 0.15) is 44.7 Å². The Labute approximate surface area is 130 Å². The quantitative estimate of drug-likeness (QED) is 0.878. The van der Waals surface area contributed by atoms with Crippen LogP contribution in [0.4, 0.5) is 0 Å². The highest BCUT2D eigenvalue weighted by Crippen LogP contribution is 2.27. The lowest BCUT2D eigenvalue weighted by Gasteiger charge is -2.19. The van der Waals surface area contributed by atoms with Gasteiger partial charge in [0, 0.05) is 23.1 Å². The Morgan fingerprint density at radius 1 is 1.24 bits per heavy atom. The highest BCUT2D eigenvalue weighted by molar-refractivity contribution is 7.84. The number of carbonyl (C=O) groups excluding carboxylic acids is 1. The molecule has 0 heterocycles. The summed E-state index contributed by atoms with van der Waals surface area (Å²) in [5.41, 5.74) is 2.41. The predicted molar refractivity (Wildman–Crippen MR) is 87.6 cm³/mol. The van der Waals surface area contributed by atoms with Gasteiger partial charge in [-0.05, 0) is 35.3 Å². The van der Waals surface area contributed by atoms with Crippen molar-refractivity contribution in [3.8, 4) is 0 Å². The third-order valence-electron chi connectivity index (χ3n) is 3.72. The van der Waals surface area contributed by atoms with Crippen molar-refractivity contribution >= 4 is 16.7 Å². The topological polar surface area (TPSA) is 46.2 Å². The zero-order valence-corrected chi connectivity index (χ0v) is 14.0. The highest BCUT2D eigenvalue weighted by atomic mass is 32.2. The van der Waals surface area contributed by atoms with Crippen molar-refractivity contribution in [2.45, 2.75) is 44.8 Å². The molecule has 3 nitrogen and oxygen atoms in total. The molecule has 21 heavy (non-hydrogen) atoms. The minimum atomic E-state index is -1.14. The van der Waals surface area contributed by atoms with E-state index in [9.17, 15) is 9.00 Å². The van der Waals surface area contributed by atoms with Crippen molar-refractivity contribution < 1.29 is 9.00 Å². The smallest absolute Gasteiger partial charge is 0.232 e. The van der Waals surface area contributed by atoms with E-state index >= 15 is 0 Å². The Morgan fingerprint density at radius 2 is 1.86 bits per heavy atom.